The van der Waals surface area contributed by atoms with Gasteiger partial charge in [0, 0.05) is 24.7 Å². The number of hydrogen-bond acceptors (Lipinski definition) is 4. The molecule has 0 fully saturated rings. The molecule has 3 aromatic carbocycles. The lowest BCUT2D eigenvalue weighted by atomic mass is 9.93. The van der Waals surface area contributed by atoms with E-state index in [9.17, 15) is 36.3 Å². The smallest absolute Gasteiger partial charge is 0.416 e. The summed E-state index contributed by atoms with van der Waals surface area (Å²) in [6.45, 7) is 0.954. The van der Waals surface area contributed by atoms with Crippen molar-refractivity contribution in [3.63, 3.8) is 0 Å². The van der Waals surface area contributed by atoms with Gasteiger partial charge in [0.05, 0.1) is 5.56 Å². The molecule has 0 aliphatic carbocycles. The average molecular weight is 557 g/mol. The standard InChI is InChI=1S/C28H23F3N2O5S/c1-2-32-16-23(27(35)36)33-24(34)15-20(13-18-9-5-8-17-7-3-4-12-22(17)18)25(26(33)39(32,37)38)19-10-6-11-21(14-19)28(29,30)31/h3-12,14-15,23H,2,13,16H2,1H3,(H,35,36)/t23-/m0/s1. The number of nitrogens with zero attached hydrogens (tertiary/aromatic N) is 2. The summed E-state index contributed by atoms with van der Waals surface area (Å²) in [6.07, 6.45) is -4.69. The zero-order chi connectivity index (χ0) is 28.1. The number of aromatic nitrogens is 1. The van der Waals surface area contributed by atoms with Crippen molar-refractivity contribution in [2.24, 2.45) is 0 Å². The molecule has 1 aliphatic rings. The number of benzene rings is 3. The Hall–Kier alpha value is -3.96. The van der Waals surface area contributed by atoms with Crippen LogP contribution in [0.5, 0.6) is 0 Å². The van der Waals surface area contributed by atoms with Crippen LogP contribution in [0.1, 0.15) is 29.7 Å². The molecule has 39 heavy (non-hydrogen) atoms. The second kappa shape index (κ2) is 9.65. The number of alkyl halides is 3. The Morgan fingerprint density at radius 3 is 2.38 bits per heavy atom. The molecule has 7 nitrogen and oxygen atoms in total. The van der Waals surface area contributed by atoms with Gasteiger partial charge in [0.1, 0.15) is 6.04 Å². The Bertz CT molecular complexity index is 1780. The van der Waals surface area contributed by atoms with Gasteiger partial charge in [-0.2, -0.15) is 17.5 Å². The van der Waals surface area contributed by atoms with E-state index in [4.69, 9.17) is 0 Å². The molecule has 5 rings (SSSR count). The zero-order valence-corrected chi connectivity index (χ0v) is 21.5. The number of likely N-dealkylation sites (N-methyl/N-ethyl adjacent to an activating group) is 1. The summed E-state index contributed by atoms with van der Waals surface area (Å²) in [5.41, 5.74) is -1.18. The quantitative estimate of drug-likeness (QED) is 0.376. The SMILES string of the molecule is CCN1C[C@@H](C(=O)O)n2c(c(-c3cccc(C(F)(F)F)c3)c(Cc3cccc4ccccc34)cc2=O)S1(=O)=O. The Morgan fingerprint density at radius 1 is 1.00 bits per heavy atom. The van der Waals surface area contributed by atoms with Gasteiger partial charge in [0.15, 0.2) is 5.03 Å². The largest absolute Gasteiger partial charge is 0.480 e. The van der Waals surface area contributed by atoms with E-state index in [0.717, 1.165) is 44.9 Å². The van der Waals surface area contributed by atoms with E-state index in [-0.39, 0.29) is 29.7 Å². The number of pyridine rings is 1. The lowest BCUT2D eigenvalue weighted by Crippen LogP contribution is -2.49. The van der Waals surface area contributed by atoms with E-state index in [0.29, 0.717) is 4.57 Å². The van der Waals surface area contributed by atoms with E-state index in [2.05, 4.69) is 0 Å². The molecule has 2 heterocycles. The van der Waals surface area contributed by atoms with Crippen LogP contribution in [0.2, 0.25) is 0 Å². The molecule has 0 bridgehead atoms. The first-order valence-corrected chi connectivity index (χ1v) is 13.5. The van der Waals surface area contributed by atoms with Gasteiger partial charge < -0.3 is 5.11 Å². The van der Waals surface area contributed by atoms with E-state index in [1.807, 2.05) is 30.3 Å². The second-order valence-electron chi connectivity index (χ2n) is 9.26. The number of carboxylic acids is 1. The van der Waals surface area contributed by atoms with E-state index in [1.54, 1.807) is 12.1 Å². The number of carboxylic acid groups (broad SMARTS) is 1. The highest BCUT2D eigenvalue weighted by atomic mass is 32.2. The Morgan fingerprint density at radius 2 is 1.69 bits per heavy atom. The summed E-state index contributed by atoms with van der Waals surface area (Å²) in [5.74, 6) is -1.43. The van der Waals surface area contributed by atoms with E-state index < -0.39 is 50.9 Å². The van der Waals surface area contributed by atoms with Gasteiger partial charge in [-0.3, -0.25) is 9.36 Å². The molecule has 11 heteroatoms. The van der Waals surface area contributed by atoms with Crippen LogP contribution >= 0.6 is 0 Å². The fourth-order valence-electron chi connectivity index (χ4n) is 5.13. The summed E-state index contributed by atoms with van der Waals surface area (Å²) >= 11 is 0. The molecule has 1 aromatic heterocycles. The van der Waals surface area contributed by atoms with E-state index >= 15 is 0 Å². The molecule has 1 N–H and O–H groups in total. The number of rotatable bonds is 5. The lowest BCUT2D eigenvalue weighted by Gasteiger charge is -2.34. The third-order valence-corrected chi connectivity index (χ3v) is 8.92. The maximum absolute atomic E-state index is 13.8. The summed E-state index contributed by atoms with van der Waals surface area (Å²) in [7, 11) is -4.45. The van der Waals surface area contributed by atoms with Crippen LogP contribution in [0.4, 0.5) is 13.2 Å². The fraction of sp³-hybridized carbons (Fsp3) is 0.214. The van der Waals surface area contributed by atoms with Gasteiger partial charge >= 0.3 is 12.1 Å². The van der Waals surface area contributed by atoms with Crippen LogP contribution < -0.4 is 5.56 Å². The number of halogens is 3. The molecule has 0 amide bonds. The fourth-order valence-corrected chi connectivity index (χ4v) is 7.03. The number of carbonyl (C=O) groups is 1. The van der Waals surface area contributed by atoms with Gasteiger partial charge in [0.2, 0.25) is 0 Å². The van der Waals surface area contributed by atoms with Crippen LogP contribution in [0.25, 0.3) is 21.9 Å². The van der Waals surface area contributed by atoms with Crippen molar-refractivity contribution in [1.29, 1.82) is 0 Å². The van der Waals surface area contributed by atoms with Crippen molar-refractivity contribution >= 4 is 26.8 Å². The first kappa shape index (κ1) is 26.6. The van der Waals surface area contributed by atoms with Crippen LogP contribution in [0.15, 0.2) is 82.6 Å². The van der Waals surface area contributed by atoms with Gasteiger partial charge in [-0.25, -0.2) is 13.2 Å². The summed E-state index contributed by atoms with van der Waals surface area (Å²) in [5, 5.41) is 11.0. The number of aliphatic carboxylic acids is 1. The summed E-state index contributed by atoms with van der Waals surface area (Å²) < 4.78 is 70.3. The van der Waals surface area contributed by atoms with Crippen LogP contribution in [-0.2, 0) is 27.4 Å². The maximum Gasteiger partial charge on any atom is 0.416 e. The van der Waals surface area contributed by atoms with Crippen molar-refractivity contribution in [3.05, 3.63) is 99.8 Å². The highest BCUT2D eigenvalue weighted by Gasteiger charge is 2.43. The van der Waals surface area contributed by atoms with Gasteiger partial charge in [-0.1, -0.05) is 61.5 Å². The minimum absolute atomic E-state index is 0.0232. The average Bonchev–Trinajstić information content (AvgIpc) is 2.88. The molecule has 202 valence electrons. The number of fused-ring (bicyclic) bond motifs is 2. The minimum Gasteiger partial charge on any atom is -0.480 e. The normalized spacial score (nSPS) is 17.2. The van der Waals surface area contributed by atoms with Crippen molar-refractivity contribution in [3.8, 4) is 11.1 Å². The first-order valence-electron chi connectivity index (χ1n) is 12.1. The molecule has 0 unspecified atom stereocenters. The first-order chi connectivity index (χ1) is 18.4. The Balaban J connectivity index is 1.88. The van der Waals surface area contributed by atoms with Crippen LogP contribution in [0.3, 0.4) is 0 Å². The number of sulfonamides is 1. The van der Waals surface area contributed by atoms with E-state index in [1.165, 1.54) is 13.0 Å². The van der Waals surface area contributed by atoms with Crippen molar-refractivity contribution < 1.29 is 31.5 Å². The molecular weight excluding hydrogens is 533 g/mol. The minimum atomic E-state index is -4.71. The molecule has 1 aliphatic heterocycles. The molecule has 0 radical (unpaired) electrons. The molecular formula is C28H23F3N2O5S. The van der Waals surface area contributed by atoms with Crippen molar-refractivity contribution in [2.75, 3.05) is 13.1 Å². The Kier molecular flexibility index (Phi) is 6.59. The highest BCUT2D eigenvalue weighted by molar-refractivity contribution is 7.89. The third-order valence-electron chi connectivity index (χ3n) is 6.94. The van der Waals surface area contributed by atoms with Crippen LogP contribution in [-0.4, -0.2) is 41.5 Å². The van der Waals surface area contributed by atoms with Crippen molar-refractivity contribution in [1.82, 2.24) is 8.87 Å². The maximum atomic E-state index is 13.8. The number of hydrogen-bond donors (Lipinski definition) is 1. The third kappa shape index (κ3) is 4.61. The predicted octanol–water partition coefficient (Wildman–Crippen LogP) is 4.93. The molecule has 0 saturated heterocycles. The second-order valence-corrected chi connectivity index (χ2v) is 11.1. The van der Waals surface area contributed by atoms with Gasteiger partial charge in [-0.15, -0.1) is 0 Å². The van der Waals surface area contributed by atoms with Gasteiger partial charge in [0.25, 0.3) is 15.6 Å². The molecule has 1 atom stereocenters. The monoisotopic (exact) mass is 556 g/mol. The topological polar surface area (TPSA) is 96.7 Å². The summed E-state index contributed by atoms with van der Waals surface area (Å²) in [4.78, 5) is 25.6. The predicted molar refractivity (Wildman–Crippen MR) is 139 cm³/mol. The summed E-state index contributed by atoms with van der Waals surface area (Å²) in [6, 6.07) is 16.6. The molecule has 0 saturated carbocycles. The molecule has 0 spiro atoms. The van der Waals surface area contributed by atoms with Crippen LogP contribution in [0, 0.1) is 0 Å². The van der Waals surface area contributed by atoms with Crippen molar-refractivity contribution in [2.45, 2.75) is 30.6 Å². The Labute approximate surface area is 221 Å². The van der Waals surface area contributed by atoms with Gasteiger partial charge in [-0.05, 0) is 46.0 Å². The highest BCUT2D eigenvalue weighted by Crippen LogP contribution is 2.40. The lowest BCUT2D eigenvalue weighted by molar-refractivity contribution is -0.141. The molecule has 4 aromatic rings. The zero-order valence-electron chi connectivity index (χ0n) is 20.6.